The molecule has 8 heteroatoms. The van der Waals surface area contributed by atoms with Crippen LogP contribution in [0.4, 0.5) is 4.79 Å². The molecule has 1 aliphatic carbocycles. The smallest absolute Gasteiger partial charge is 0.430 e. The number of aromatic nitrogens is 1. The van der Waals surface area contributed by atoms with E-state index >= 15 is 0 Å². The Morgan fingerprint density at radius 1 is 1.20 bits per heavy atom. The van der Waals surface area contributed by atoms with Crippen molar-refractivity contribution in [1.29, 1.82) is 0 Å². The molecule has 0 bridgehead atoms. The molecule has 2 heterocycles. The molecule has 2 aliphatic rings. The van der Waals surface area contributed by atoms with E-state index in [0.717, 1.165) is 35.0 Å². The van der Waals surface area contributed by atoms with Gasteiger partial charge in [-0.05, 0) is 44.2 Å². The zero-order valence-electron chi connectivity index (χ0n) is 21.5. The fourth-order valence-electron chi connectivity index (χ4n) is 5.16. The number of para-hydroxylation sites is 1. The van der Waals surface area contributed by atoms with E-state index in [4.69, 9.17) is 15.2 Å². The SMILES string of the molecule is CC1N(COC(=O)OC(CCN)C(C)(C)C)C=CN1CC1CCc2c(c3ccccc3n2C)C1=O. The molecule has 3 unspecified atom stereocenters. The molecule has 0 amide bonds. The minimum atomic E-state index is -0.691. The first-order valence-corrected chi connectivity index (χ1v) is 12.5. The van der Waals surface area contributed by atoms with Crippen molar-refractivity contribution >= 4 is 22.8 Å². The Morgan fingerprint density at radius 2 is 1.91 bits per heavy atom. The number of carbonyl (C=O) groups excluding carboxylic acids is 2. The Labute approximate surface area is 207 Å². The summed E-state index contributed by atoms with van der Waals surface area (Å²) in [5, 5.41) is 1.04. The second-order valence-corrected chi connectivity index (χ2v) is 10.7. The number of Topliss-reactive ketones (excluding diaryl/α,β-unsaturated/α-hetero) is 1. The number of fused-ring (bicyclic) bond motifs is 3. The molecule has 0 saturated heterocycles. The van der Waals surface area contributed by atoms with Gasteiger partial charge in [0.25, 0.3) is 0 Å². The minimum absolute atomic E-state index is 0.0352. The third-order valence-corrected chi connectivity index (χ3v) is 7.38. The van der Waals surface area contributed by atoms with Crippen LogP contribution in [-0.2, 0) is 22.9 Å². The first-order chi connectivity index (χ1) is 16.6. The zero-order valence-corrected chi connectivity index (χ0v) is 21.5. The fraction of sp³-hybridized carbons (Fsp3) is 0.556. The molecule has 1 aromatic heterocycles. The standard InChI is InChI=1S/C27H38N4O4/c1-18-30(14-15-31(18)17-34-26(33)35-23(12-13-28)27(2,3)4)16-19-10-11-22-24(25(19)32)20-8-6-7-9-21(20)29(22)5/h6-9,14-15,18-19,23H,10-13,16-17,28H2,1-5H3. The van der Waals surface area contributed by atoms with Gasteiger partial charge in [-0.15, -0.1) is 0 Å². The molecular formula is C27H38N4O4. The summed E-state index contributed by atoms with van der Waals surface area (Å²) in [5.74, 6) is 0.144. The minimum Gasteiger partial charge on any atom is -0.430 e. The number of carbonyl (C=O) groups is 2. The van der Waals surface area contributed by atoms with E-state index in [1.165, 1.54) is 0 Å². The van der Waals surface area contributed by atoms with Crippen LogP contribution in [0.3, 0.4) is 0 Å². The molecule has 8 nitrogen and oxygen atoms in total. The number of nitrogens with two attached hydrogens (primary N) is 1. The lowest BCUT2D eigenvalue weighted by molar-refractivity contribution is -0.0403. The van der Waals surface area contributed by atoms with Crippen LogP contribution in [0.25, 0.3) is 10.9 Å². The summed E-state index contributed by atoms with van der Waals surface area (Å²) in [6.45, 7) is 9.22. The number of hydrogen-bond acceptors (Lipinski definition) is 7. The van der Waals surface area contributed by atoms with Gasteiger partial charge in [0.2, 0.25) is 0 Å². The van der Waals surface area contributed by atoms with E-state index in [0.29, 0.717) is 19.5 Å². The molecule has 2 aromatic rings. The quantitative estimate of drug-likeness (QED) is 0.591. The maximum Gasteiger partial charge on any atom is 0.510 e. The van der Waals surface area contributed by atoms with Crippen molar-refractivity contribution in [2.24, 2.45) is 24.1 Å². The predicted octanol–water partition coefficient (Wildman–Crippen LogP) is 4.23. The average Bonchev–Trinajstić information content (AvgIpc) is 3.31. The predicted molar refractivity (Wildman–Crippen MR) is 136 cm³/mol. The van der Waals surface area contributed by atoms with Gasteiger partial charge < -0.3 is 29.6 Å². The van der Waals surface area contributed by atoms with Crippen LogP contribution in [0.2, 0.25) is 0 Å². The number of ketones is 1. The van der Waals surface area contributed by atoms with Crippen molar-refractivity contribution in [3.8, 4) is 0 Å². The van der Waals surface area contributed by atoms with Gasteiger partial charge in [-0.2, -0.15) is 0 Å². The molecule has 0 spiro atoms. The Balaban J connectivity index is 1.34. The van der Waals surface area contributed by atoms with Crippen molar-refractivity contribution in [3.63, 3.8) is 0 Å². The fourth-order valence-corrected chi connectivity index (χ4v) is 5.16. The van der Waals surface area contributed by atoms with E-state index in [1.807, 2.05) is 70.2 Å². The summed E-state index contributed by atoms with van der Waals surface area (Å²) in [6, 6.07) is 8.13. The topological polar surface area (TPSA) is 90.0 Å². The van der Waals surface area contributed by atoms with Gasteiger partial charge >= 0.3 is 6.16 Å². The van der Waals surface area contributed by atoms with E-state index in [9.17, 15) is 9.59 Å². The maximum absolute atomic E-state index is 13.5. The van der Waals surface area contributed by atoms with Gasteiger partial charge in [-0.25, -0.2) is 4.79 Å². The summed E-state index contributed by atoms with van der Waals surface area (Å²) >= 11 is 0. The third-order valence-electron chi connectivity index (χ3n) is 7.38. The normalized spacial score (nSPS) is 20.9. The first-order valence-electron chi connectivity index (χ1n) is 12.5. The Morgan fingerprint density at radius 3 is 2.63 bits per heavy atom. The van der Waals surface area contributed by atoms with Gasteiger partial charge in [-0.3, -0.25) is 4.79 Å². The van der Waals surface area contributed by atoms with Crippen LogP contribution >= 0.6 is 0 Å². The molecule has 1 aliphatic heterocycles. The maximum atomic E-state index is 13.5. The van der Waals surface area contributed by atoms with Gasteiger partial charge in [0.05, 0.1) is 0 Å². The molecule has 0 radical (unpaired) electrons. The number of nitrogens with zero attached hydrogens (tertiary/aromatic N) is 3. The van der Waals surface area contributed by atoms with Crippen molar-refractivity contribution < 1.29 is 19.1 Å². The molecule has 3 atom stereocenters. The molecule has 1 aromatic carbocycles. The highest BCUT2D eigenvalue weighted by Crippen LogP contribution is 2.34. The van der Waals surface area contributed by atoms with E-state index in [1.54, 1.807) is 0 Å². The number of benzene rings is 1. The number of ether oxygens (including phenoxy) is 2. The lowest BCUT2D eigenvalue weighted by Gasteiger charge is -2.33. The Bertz CT molecular complexity index is 1120. The lowest BCUT2D eigenvalue weighted by Crippen LogP contribution is -2.42. The zero-order chi connectivity index (χ0) is 25.3. The monoisotopic (exact) mass is 482 g/mol. The van der Waals surface area contributed by atoms with Gasteiger partial charge in [0.15, 0.2) is 12.5 Å². The third kappa shape index (κ3) is 5.03. The van der Waals surface area contributed by atoms with Gasteiger partial charge in [-0.1, -0.05) is 39.0 Å². The van der Waals surface area contributed by atoms with Crippen molar-refractivity contribution in [2.75, 3.05) is 19.8 Å². The highest BCUT2D eigenvalue weighted by molar-refractivity contribution is 6.11. The summed E-state index contributed by atoms with van der Waals surface area (Å²) in [6.07, 6.45) is 5.13. The average molecular weight is 483 g/mol. The molecule has 190 valence electrons. The van der Waals surface area contributed by atoms with E-state index in [2.05, 4.69) is 15.5 Å². The van der Waals surface area contributed by atoms with Crippen LogP contribution in [0.15, 0.2) is 36.7 Å². The summed E-state index contributed by atoms with van der Waals surface area (Å²) in [4.78, 5) is 29.9. The van der Waals surface area contributed by atoms with Crippen molar-refractivity contribution in [3.05, 3.63) is 47.9 Å². The Hall–Kier alpha value is -3.00. The molecule has 2 N–H and O–H groups in total. The number of hydrogen-bond donors (Lipinski definition) is 1. The lowest BCUT2D eigenvalue weighted by atomic mass is 9.84. The molecule has 0 fully saturated rings. The van der Waals surface area contributed by atoms with Crippen LogP contribution < -0.4 is 5.73 Å². The Kier molecular flexibility index (Phi) is 7.12. The van der Waals surface area contributed by atoms with Crippen LogP contribution in [-0.4, -0.2) is 58.4 Å². The van der Waals surface area contributed by atoms with Crippen molar-refractivity contribution in [1.82, 2.24) is 14.4 Å². The second kappa shape index (κ2) is 9.93. The van der Waals surface area contributed by atoms with Crippen LogP contribution in [0.1, 0.15) is 56.6 Å². The second-order valence-electron chi connectivity index (χ2n) is 10.7. The molecule has 0 saturated carbocycles. The first kappa shape index (κ1) is 25.1. The van der Waals surface area contributed by atoms with Crippen molar-refractivity contribution in [2.45, 2.75) is 59.2 Å². The summed E-state index contributed by atoms with van der Waals surface area (Å²) in [7, 11) is 2.04. The van der Waals surface area contributed by atoms with Crippen LogP contribution in [0, 0.1) is 11.3 Å². The summed E-state index contributed by atoms with van der Waals surface area (Å²) in [5.41, 5.74) is 8.57. The highest BCUT2D eigenvalue weighted by atomic mass is 16.7. The molecular weight excluding hydrogens is 444 g/mol. The van der Waals surface area contributed by atoms with E-state index < -0.39 is 6.16 Å². The van der Waals surface area contributed by atoms with Crippen LogP contribution in [0.5, 0.6) is 0 Å². The highest BCUT2D eigenvalue weighted by Gasteiger charge is 2.35. The van der Waals surface area contributed by atoms with Gasteiger partial charge in [0.1, 0.15) is 12.3 Å². The van der Waals surface area contributed by atoms with E-state index in [-0.39, 0.29) is 36.1 Å². The molecule has 35 heavy (non-hydrogen) atoms. The largest absolute Gasteiger partial charge is 0.510 e. The van der Waals surface area contributed by atoms with Gasteiger partial charge in [0, 0.05) is 54.1 Å². The molecule has 4 rings (SSSR count). The summed E-state index contributed by atoms with van der Waals surface area (Å²) < 4.78 is 13.1. The number of rotatable bonds is 7. The number of aryl methyl sites for hydroxylation is 1.